The lowest BCUT2D eigenvalue weighted by Crippen LogP contribution is -2.11. The minimum absolute atomic E-state index is 0.0842. The number of halogens is 1. The molecule has 0 spiro atoms. The van der Waals surface area contributed by atoms with E-state index in [1.807, 2.05) is 24.3 Å². The van der Waals surface area contributed by atoms with Crippen molar-refractivity contribution in [2.24, 2.45) is 5.73 Å². The zero-order valence-corrected chi connectivity index (χ0v) is 11.3. The van der Waals surface area contributed by atoms with Crippen molar-refractivity contribution in [2.75, 3.05) is 0 Å². The van der Waals surface area contributed by atoms with Gasteiger partial charge in [0.1, 0.15) is 0 Å². The van der Waals surface area contributed by atoms with E-state index in [-0.39, 0.29) is 6.04 Å². The van der Waals surface area contributed by atoms with Gasteiger partial charge in [0.25, 0.3) is 0 Å². The van der Waals surface area contributed by atoms with Crippen LogP contribution in [0, 0.1) is 0 Å². The summed E-state index contributed by atoms with van der Waals surface area (Å²) in [5.41, 5.74) is 9.88. The van der Waals surface area contributed by atoms with Crippen LogP contribution >= 0.6 is 11.6 Å². The van der Waals surface area contributed by atoms with E-state index in [1.54, 1.807) is 0 Å². The predicted molar refractivity (Wildman–Crippen MR) is 77.9 cm³/mol. The van der Waals surface area contributed by atoms with Gasteiger partial charge < -0.3 is 5.73 Å². The number of rotatable bonds is 4. The molecule has 2 aromatic carbocycles. The first kappa shape index (κ1) is 13.1. The molecule has 18 heavy (non-hydrogen) atoms. The summed E-state index contributed by atoms with van der Waals surface area (Å²) in [5.74, 6) is 0. The van der Waals surface area contributed by atoms with Gasteiger partial charge in [0.15, 0.2) is 0 Å². The van der Waals surface area contributed by atoms with Gasteiger partial charge in [-0.05, 0) is 35.2 Å². The van der Waals surface area contributed by atoms with Crippen molar-refractivity contribution in [1.82, 2.24) is 0 Å². The molecule has 94 valence electrons. The highest BCUT2D eigenvalue weighted by Crippen LogP contribution is 2.22. The summed E-state index contributed by atoms with van der Waals surface area (Å²) in [4.78, 5) is 0. The van der Waals surface area contributed by atoms with Crippen LogP contribution in [-0.2, 0) is 6.42 Å². The Kier molecular flexibility index (Phi) is 4.40. The summed E-state index contributed by atoms with van der Waals surface area (Å²) >= 11 is 5.89. The normalized spacial score (nSPS) is 12.4. The highest BCUT2D eigenvalue weighted by molar-refractivity contribution is 6.30. The van der Waals surface area contributed by atoms with Crippen LogP contribution < -0.4 is 5.73 Å². The van der Waals surface area contributed by atoms with Gasteiger partial charge in [-0.1, -0.05) is 61.3 Å². The first-order valence-corrected chi connectivity index (χ1v) is 6.68. The number of aryl methyl sites for hydroxylation is 1. The first-order valence-electron chi connectivity index (χ1n) is 6.30. The summed E-state index contributed by atoms with van der Waals surface area (Å²) < 4.78 is 0. The molecule has 0 aromatic heterocycles. The number of hydrogen-bond acceptors (Lipinski definition) is 1. The molecular formula is C16H18ClN. The van der Waals surface area contributed by atoms with Gasteiger partial charge in [0, 0.05) is 5.02 Å². The van der Waals surface area contributed by atoms with E-state index in [0.29, 0.717) is 0 Å². The fraction of sp³-hybridized carbons (Fsp3) is 0.250. The lowest BCUT2D eigenvalue weighted by atomic mass is 9.97. The largest absolute Gasteiger partial charge is 0.320 e. The molecule has 0 aliphatic heterocycles. The summed E-state index contributed by atoms with van der Waals surface area (Å²) in [6.45, 7) is 2.19. The molecule has 1 unspecified atom stereocenters. The number of benzene rings is 2. The molecule has 0 bridgehead atoms. The molecule has 0 fully saturated rings. The maximum absolute atomic E-state index is 6.29. The molecule has 2 heteroatoms. The molecule has 0 radical (unpaired) electrons. The van der Waals surface area contributed by atoms with Crippen molar-refractivity contribution in [3.05, 3.63) is 70.2 Å². The minimum Gasteiger partial charge on any atom is -0.320 e. The van der Waals surface area contributed by atoms with E-state index in [0.717, 1.165) is 29.0 Å². The highest BCUT2D eigenvalue weighted by atomic mass is 35.5. The van der Waals surface area contributed by atoms with E-state index < -0.39 is 0 Å². The summed E-state index contributed by atoms with van der Waals surface area (Å²) in [7, 11) is 0. The smallest absolute Gasteiger partial charge is 0.0551 e. The van der Waals surface area contributed by atoms with Gasteiger partial charge in [-0.2, -0.15) is 0 Å². The van der Waals surface area contributed by atoms with Gasteiger partial charge >= 0.3 is 0 Å². The summed E-state index contributed by atoms with van der Waals surface area (Å²) in [6.07, 6.45) is 2.25. The van der Waals surface area contributed by atoms with Crippen LogP contribution in [-0.4, -0.2) is 0 Å². The topological polar surface area (TPSA) is 26.0 Å². The molecule has 0 aliphatic carbocycles. The van der Waals surface area contributed by atoms with Crippen molar-refractivity contribution in [1.29, 1.82) is 0 Å². The molecule has 0 heterocycles. The molecule has 1 nitrogen and oxygen atoms in total. The molecule has 0 aliphatic rings. The monoisotopic (exact) mass is 259 g/mol. The molecule has 2 aromatic rings. The van der Waals surface area contributed by atoms with Crippen LogP contribution in [0.1, 0.15) is 36.1 Å². The van der Waals surface area contributed by atoms with Crippen molar-refractivity contribution in [3.63, 3.8) is 0 Å². The fourth-order valence-corrected chi connectivity index (χ4v) is 2.22. The van der Waals surface area contributed by atoms with Gasteiger partial charge in [-0.3, -0.25) is 0 Å². The first-order chi connectivity index (χ1) is 8.70. The van der Waals surface area contributed by atoms with Gasteiger partial charge in [-0.15, -0.1) is 0 Å². The van der Waals surface area contributed by atoms with E-state index in [4.69, 9.17) is 17.3 Å². The second kappa shape index (κ2) is 6.03. The average Bonchev–Trinajstić information content (AvgIpc) is 2.39. The lowest BCUT2D eigenvalue weighted by molar-refractivity contribution is 0.858. The fourth-order valence-electron chi connectivity index (χ4n) is 2.09. The van der Waals surface area contributed by atoms with Crippen LogP contribution in [0.5, 0.6) is 0 Å². The standard InChI is InChI=1S/C16H18ClN/c1-2-4-12-5-3-6-14(11-12)16(18)13-7-9-15(17)10-8-13/h3,5-11,16H,2,4,18H2,1H3. The van der Waals surface area contributed by atoms with Crippen molar-refractivity contribution < 1.29 is 0 Å². The maximum Gasteiger partial charge on any atom is 0.0551 e. The third-order valence-corrected chi connectivity index (χ3v) is 3.33. The zero-order chi connectivity index (χ0) is 13.0. The van der Waals surface area contributed by atoms with Crippen molar-refractivity contribution in [2.45, 2.75) is 25.8 Å². The van der Waals surface area contributed by atoms with E-state index >= 15 is 0 Å². The third-order valence-electron chi connectivity index (χ3n) is 3.08. The Labute approximate surface area is 114 Å². The van der Waals surface area contributed by atoms with Crippen LogP contribution in [0.25, 0.3) is 0 Å². The Morgan fingerprint density at radius 2 is 1.78 bits per heavy atom. The Hall–Kier alpha value is -1.31. The van der Waals surface area contributed by atoms with E-state index in [2.05, 4.69) is 31.2 Å². The van der Waals surface area contributed by atoms with Crippen LogP contribution in [0.3, 0.4) is 0 Å². The van der Waals surface area contributed by atoms with Gasteiger partial charge in [0.2, 0.25) is 0 Å². The Morgan fingerprint density at radius 3 is 2.44 bits per heavy atom. The molecular weight excluding hydrogens is 242 g/mol. The van der Waals surface area contributed by atoms with Gasteiger partial charge in [0.05, 0.1) is 6.04 Å². The Balaban J connectivity index is 2.24. The average molecular weight is 260 g/mol. The van der Waals surface area contributed by atoms with Crippen molar-refractivity contribution in [3.8, 4) is 0 Å². The quantitative estimate of drug-likeness (QED) is 0.868. The van der Waals surface area contributed by atoms with Crippen LogP contribution in [0.15, 0.2) is 48.5 Å². The molecule has 0 saturated heterocycles. The molecule has 1 atom stereocenters. The predicted octanol–water partition coefficient (Wildman–Crippen LogP) is 4.34. The SMILES string of the molecule is CCCc1cccc(C(N)c2ccc(Cl)cc2)c1. The Morgan fingerprint density at radius 1 is 1.06 bits per heavy atom. The molecule has 0 amide bonds. The summed E-state index contributed by atoms with van der Waals surface area (Å²) in [5, 5.41) is 0.741. The number of nitrogens with two attached hydrogens (primary N) is 1. The van der Waals surface area contributed by atoms with E-state index in [9.17, 15) is 0 Å². The van der Waals surface area contributed by atoms with Crippen LogP contribution in [0.2, 0.25) is 5.02 Å². The molecule has 2 N–H and O–H groups in total. The maximum atomic E-state index is 6.29. The Bertz CT molecular complexity index is 505. The highest BCUT2D eigenvalue weighted by Gasteiger charge is 2.09. The second-order valence-electron chi connectivity index (χ2n) is 4.52. The minimum atomic E-state index is -0.0842. The van der Waals surface area contributed by atoms with Crippen molar-refractivity contribution >= 4 is 11.6 Å². The molecule has 2 rings (SSSR count). The van der Waals surface area contributed by atoms with E-state index in [1.165, 1.54) is 5.56 Å². The summed E-state index contributed by atoms with van der Waals surface area (Å²) in [6, 6.07) is 16.2. The van der Waals surface area contributed by atoms with Gasteiger partial charge in [-0.25, -0.2) is 0 Å². The lowest BCUT2D eigenvalue weighted by Gasteiger charge is -2.14. The zero-order valence-electron chi connectivity index (χ0n) is 10.6. The number of hydrogen-bond donors (Lipinski definition) is 1. The molecule has 0 saturated carbocycles. The van der Waals surface area contributed by atoms with Crippen LogP contribution in [0.4, 0.5) is 0 Å². The second-order valence-corrected chi connectivity index (χ2v) is 4.96. The third kappa shape index (κ3) is 3.12.